The minimum absolute atomic E-state index is 0.177. The molecule has 0 radical (unpaired) electrons. The Morgan fingerprint density at radius 3 is 2.64 bits per heavy atom. The Balaban J connectivity index is 2.27. The van der Waals surface area contributed by atoms with E-state index in [1.807, 2.05) is 6.07 Å². The predicted molar refractivity (Wildman–Crippen MR) is 57.3 cm³/mol. The summed E-state index contributed by atoms with van der Waals surface area (Å²) in [4.78, 5) is 0. The third kappa shape index (κ3) is 1.68. The number of hydrogen-bond donors (Lipinski definition) is 2. The molecule has 1 heterocycles. The average Bonchev–Trinajstić information content (AvgIpc) is 2.70. The van der Waals surface area contributed by atoms with Gasteiger partial charge in [0, 0.05) is 18.6 Å². The molecule has 1 atom stereocenters. The number of hydrogen-bond acceptors (Lipinski definition) is 2. The van der Waals surface area contributed by atoms with Crippen LogP contribution in [0, 0.1) is 0 Å². The Kier molecular flexibility index (Phi) is 2.85. The van der Waals surface area contributed by atoms with Gasteiger partial charge in [-0.25, -0.2) is 0 Å². The lowest BCUT2D eigenvalue weighted by molar-refractivity contribution is 0.244. The average molecular weight is 191 g/mol. The van der Waals surface area contributed by atoms with Gasteiger partial charge in [-0.2, -0.15) is 0 Å². The van der Waals surface area contributed by atoms with Crippen molar-refractivity contribution in [2.75, 3.05) is 19.7 Å². The number of rotatable bonds is 3. The standard InChI is InChI=1S/C12H17NO/c14-9-7-12(6-8-13-10-12)11-4-2-1-3-5-11/h1-5,13-14H,6-10H2/t12-/m1/s1. The van der Waals surface area contributed by atoms with Crippen LogP contribution < -0.4 is 5.32 Å². The van der Waals surface area contributed by atoms with Gasteiger partial charge in [0.2, 0.25) is 0 Å². The second kappa shape index (κ2) is 4.11. The van der Waals surface area contributed by atoms with Gasteiger partial charge in [-0.15, -0.1) is 0 Å². The van der Waals surface area contributed by atoms with Gasteiger partial charge in [0.25, 0.3) is 0 Å². The van der Waals surface area contributed by atoms with Crippen LogP contribution in [0.3, 0.4) is 0 Å². The van der Waals surface area contributed by atoms with Crippen molar-refractivity contribution in [1.29, 1.82) is 0 Å². The third-order valence-electron chi connectivity index (χ3n) is 3.22. The van der Waals surface area contributed by atoms with Crippen LogP contribution >= 0.6 is 0 Å². The predicted octanol–water partition coefficient (Wildman–Crippen LogP) is 1.30. The molecule has 2 heteroatoms. The van der Waals surface area contributed by atoms with Gasteiger partial charge >= 0.3 is 0 Å². The quantitative estimate of drug-likeness (QED) is 0.754. The van der Waals surface area contributed by atoms with Crippen molar-refractivity contribution in [2.45, 2.75) is 18.3 Å². The Hall–Kier alpha value is -0.860. The fourth-order valence-corrected chi connectivity index (χ4v) is 2.35. The van der Waals surface area contributed by atoms with Crippen molar-refractivity contribution in [1.82, 2.24) is 5.32 Å². The van der Waals surface area contributed by atoms with Crippen molar-refractivity contribution in [3.63, 3.8) is 0 Å². The van der Waals surface area contributed by atoms with Gasteiger partial charge in [-0.1, -0.05) is 30.3 Å². The van der Waals surface area contributed by atoms with Crippen LogP contribution in [0.5, 0.6) is 0 Å². The molecule has 1 aliphatic rings. The smallest absolute Gasteiger partial charge is 0.0440 e. The largest absolute Gasteiger partial charge is 0.396 e. The first-order valence-electron chi connectivity index (χ1n) is 5.24. The van der Waals surface area contributed by atoms with E-state index in [1.165, 1.54) is 5.56 Å². The summed E-state index contributed by atoms with van der Waals surface area (Å²) in [6.45, 7) is 2.34. The molecule has 0 unspecified atom stereocenters. The molecule has 0 aliphatic carbocycles. The molecule has 76 valence electrons. The van der Waals surface area contributed by atoms with E-state index in [4.69, 9.17) is 5.11 Å². The lowest BCUT2D eigenvalue weighted by Crippen LogP contribution is -2.30. The summed E-state index contributed by atoms with van der Waals surface area (Å²) in [5.41, 5.74) is 1.54. The second-order valence-corrected chi connectivity index (χ2v) is 4.05. The van der Waals surface area contributed by atoms with E-state index in [0.717, 1.165) is 25.9 Å². The molecule has 14 heavy (non-hydrogen) atoms. The van der Waals surface area contributed by atoms with Crippen LogP contribution in [0.2, 0.25) is 0 Å². The van der Waals surface area contributed by atoms with Crippen LogP contribution in [0.25, 0.3) is 0 Å². The topological polar surface area (TPSA) is 32.3 Å². The minimum Gasteiger partial charge on any atom is -0.396 e. The maximum atomic E-state index is 9.13. The maximum absolute atomic E-state index is 9.13. The van der Waals surface area contributed by atoms with Crippen molar-refractivity contribution >= 4 is 0 Å². The highest BCUT2D eigenvalue weighted by molar-refractivity contribution is 5.27. The number of aliphatic hydroxyl groups is 1. The maximum Gasteiger partial charge on any atom is 0.0440 e. The fraction of sp³-hybridized carbons (Fsp3) is 0.500. The molecule has 2 rings (SSSR count). The summed E-state index contributed by atoms with van der Waals surface area (Å²) >= 11 is 0. The summed E-state index contributed by atoms with van der Waals surface area (Å²) in [7, 11) is 0. The molecular weight excluding hydrogens is 174 g/mol. The zero-order valence-corrected chi connectivity index (χ0v) is 8.37. The van der Waals surface area contributed by atoms with E-state index >= 15 is 0 Å². The lowest BCUT2D eigenvalue weighted by Gasteiger charge is -2.27. The normalized spacial score (nSPS) is 26.6. The Bertz CT molecular complexity index is 278. The van der Waals surface area contributed by atoms with Gasteiger partial charge in [-0.3, -0.25) is 0 Å². The van der Waals surface area contributed by atoms with Gasteiger partial charge in [0.1, 0.15) is 0 Å². The van der Waals surface area contributed by atoms with E-state index in [-0.39, 0.29) is 12.0 Å². The molecule has 2 N–H and O–H groups in total. The van der Waals surface area contributed by atoms with Gasteiger partial charge < -0.3 is 10.4 Å². The zero-order chi connectivity index (χ0) is 9.86. The highest BCUT2D eigenvalue weighted by atomic mass is 16.3. The van der Waals surface area contributed by atoms with Crippen LogP contribution in [0.15, 0.2) is 30.3 Å². The van der Waals surface area contributed by atoms with Gasteiger partial charge in [0.05, 0.1) is 0 Å². The molecule has 0 amide bonds. The van der Waals surface area contributed by atoms with E-state index in [1.54, 1.807) is 0 Å². The molecule has 0 aromatic heterocycles. The summed E-state index contributed by atoms with van der Waals surface area (Å²) in [6, 6.07) is 10.5. The molecule has 1 aromatic rings. The molecule has 1 aromatic carbocycles. The SMILES string of the molecule is OCC[C@]1(c2ccccc2)CCNC1. The first-order valence-corrected chi connectivity index (χ1v) is 5.24. The Labute approximate surface area is 85.0 Å². The van der Waals surface area contributed by atoms with Crippen molar-refractivity contribution in [3.8, 4) is 0 Å². The minimum atomic E-state index is 0.177. The lowest BCUT2D eigenvalue weighted by atomic mass is 9.77. The van der Waals surface area contributed by atoms with E-state index in [0.29, 0.717) is 0 Å². The Morgan fingerprint density at radius 2 is 2.07 bits per heavy atom. The first kappa shape index (κ1) is 9.69. The molecule has 1 saturated heterocycles. The molecule has 1 fully saturated rings. The second-order valence-electron chi connectivity index (χ2n) is 4.05. The van der Waals surface area contributed by atoms with Gasteiger partial charge in [0.15, 0.2) is 0 Å². The van der Waals surface area contributed by atoms with Crippen molar-refractivity contribution in [2.24, 2.45) is 0 Å². The third-order valence-corrected chi connectivity index (χ3v) is 3.22. The summed E-state index contributed by atoms with van der Waals surface area (Å²) in [5.74, 6) is 0. The molecule has 2 nitrogen and oxygen atoms in total. The van der Waals surface area contributed by atoms with Crippen LogP contribution in [-0.4, -0.2) is 24.8 Å². The van der Waals surface area contributed by atoms with E-state index < -0.39 is 0 Å². The number of benzene rings is 1. The number of nitrogens with one attached hydrogen (secondary N) is 1. The van der Waals surface area contributed by atoms with Crippen LogP contribution in [0.1, 0.15) is 18.4 Å². The molecule has 0 bridgehead atoms. The summed E-state index contributed by atoms with van der Waals surface area (Å²) < 4.78 is 0. The molecule has 0 saturated carbocycles. The zero-order valence-electron chi connectivity index (χ0n) is 8.37. The number of aliphatic hydroxyl groups excluding tert-OH is 1. The first-order chi connectivity index (χ1) is 6.87. The fourth-order valence-electron chi connectivity index (χ4n) is 2.35. The molecule has 0 spiro atoms. The highest BCUT2D eigenvalue weighted by Gasteiger charge is 2.34. The van der Waals surface area contributed by atoms with Crippen molar-refractivity contribution < 1.29 is 5.11 Å². The summed E-state index contributed by atoms with van der Waals surface area (Å²) in [6.07, 6.45) is 2.00. The summed E-state index contributed by atoms with van der Waals surface area (Å²) in [5, 5.41) is 12.5. The Morgan fingerprint density at radius 1 is 1.29 bits per heavy atom. The molecule has 1 aliphatic heterocycles. The van der Waals surface area contributed by atoms with Crippen molar-refractivity contribution in [3.05, 3.63) is 35.9 Å². The van der Waals surface area contributed by atoms with E-state index in [9.17, 15) is 0 Å². The van der Waals surface area contributed by atoms with Crippen LogP contribution in [0.4, 0.5) is 0 Å². The monoisotopic (exact) mass is 191 g/mol. The van der Waals surface area contributed by atoms with Crippen LogP contribution in [-0.2, 0) is 5.41 Å². The van der Waals surface area contributed by atoms with E-state index in [2.05, 4.69) is 29.6 Å². The van der Waals surface area contributed by atoms with Gasteiger partial charge in [-0.05, 0) is 24.9 Å². The highest BCUT2D eigenvalue weighted by Crippen LogP contribution is 2.33. The molecular formula is C12H17NO.